The maximum atomic E-state index is 12.8. The van der Waals surface area contributed by atoms with Gasteiger partial charge in [-0.3, -0.25) is 0 Å². The number of rotatable bonds is 3. The van der Waals surface area contributed by atoms with E-state index in [2.05, 4.69) is 5.32 Å². The average Bonchev–Trinajstić information content (AvgIpc) is 3.36. The van der Waals surface area contributed by atoms with Crippen LogP contribution in [0.2, 0.25) is 0 Å². The molecule has 2 fully saturated rings. The van der Waals surface area contributed by atoms with Crippen LogP contribution < -0.4 is 5.32 Å². The van der Waals surface area contributed by atoms with Gasteiger partial charge in [-0.1, -0.05) is 26.8 Å². The summed E-state index contributed by atoms with van der Waals surface area (Å²) in [7, 11) is 0. The number of fused-ring (bicyclic) bond motifs is 2. The Balaban J connectivity index is 1.54. The zero-order valence-electron chi connectivity index (χ0n) is 24.0. The maximum absolute atomic E-state index is 12.8. The van der Waals surface area contributed by atoms with E-state index in [0.717, 1.165) is 11.8 Å². The Morgan fingerprint density at radius 2 is 1.50 bits per heavy atom. The Morgan fingerprint density at radius 1 is 0.875 bits per heavy atom. The minimum atomic E-state index is -0.957. The Kier molecular flexibility index (Phi) is 9.91. The molecule has 40 heavy (non-hydrogen) atoms. The second kappa shape index (κ2) is 12.7. The third-order valence-corrected chi connectivity index (χ3v) is 7.66. The quantitative estimate of drug-likeness (QED) is 0.331. The van der Waals surface area contributed by atoms with Crippen molar-refractivity contribution in [2.75, 3.05) is 6.79 Å². The number of amides is 1. The lowest BCUT2D eigenvalue weighted by Crippen LogP contribution is -2.45. The average molecular weight is 586 g/mol. The van der Waals surface area contributed by atoms with Crippen molar-refractivity contribution in [3.8, 4) is 0 Å². The third-order valence-electron chi connectivity index (χ3n) is 6.79. The SMILES string of the molecule is CC(C)(C)NC(=O)OC1CC2OCOC2CC(O)/C=C/1C1OC2CC(O)/C=C/C(OC(=O)SC(C)(C)C)CC2O1. The van der Waals surface area contributed by atoms with Crippen molar-refractivity contribution in [1.29, 1.82) is 0 Å². The molecule has 4 aliphatic rings. The molecule has 9 atom stereocenters. The van der Waals surface area contributed by atoms with Gasteiger partial charge in [0, 0.05) is 41.5 Å². The summed E-state index contributed by atoms with van der Waals surface area (Å²) in [5.41, 5.74) is -0.0684. The van der Waals surface area contributed by atoms with Gasteiger partial charge in [0.05, 0.1) is 36.6 Å². The van der Waals surface area contributed by atoms with Gasteiger partial charge in [-0.05, 0) is 44.7 Å². The highest BCUT2D eigenvalue weighted by Gasteiger charge is 2.46. The van der Waals surface area contributed by atoms with Gasteiger partial charge in [0.25, 0.3) is 0 Å². The molecule has 2 aliphatic carbocycles. The molecular formula is C28H43NO10S. The molecule has 0 aromatic heterocycles. The van der Waals surface area contributed by atoms with Gasteiger partial charge in [-0.2, -0.15) is 0 Å². The molecule has 0 bridgehead atoms. The summed E-state index contributed by atoms with van der Waals surface area (Å²) in [4.78, 5) is 25.3. The molecule has 0 aromatic rings. The molecule has 4 rings (SSSR count). The van der Waals surface area contributed by atoms with Crippen LogP contribution in [-0.4, -0.2) is 93.8 Å². The lowest BCUT2D eigenvalue weighted by Gasteiger charge is -2.32. The fourth-order valence-electron chi connectivity index (χ4n) is 5.12. The summed E-state index contributed by atoms with van der Waals surface area (Å²) in [6.45, 7) is 11.4. The van der Waals surface area contributed by atoms with Crippen LogP contribution in [0.15, 0.2) is 23.8 Å². The van der Waals surface area contributed by atoms with Gasteiger partial charge in [0.15, 0.2) is 6.29 Å². The second-order valence-corrected chi connectivity index (χ2v) is 14.5. The van der Waals surface area contributed by atoms with Gasteiger partial charge >= 0.3 is 11.4 Å². The molecule has 11 nitrogen and oxygen atoms in total. The van der Waals surface area contributed by atoms with E-state index in [9.17, 15) is 19.8 Å². The van der Waals surface area contributed by atoms with Crippen molar-refractivity contribution in [3.63, 3.8) is 0 Å². The molecule has 3 N–H and O–H groups in total. The molecule has 12 heteroatoms. The molecule has 0 aromatic carbocycles. The number of carbonyl (C=O) groups excluding carboxylic acids is 2. The van der Waals surface area contributed by atoms with E-state index in [0.29, 0.717) is 18.4 Å². The summed E-state index contributed by atoms with van der Waals surface area (Å²) in [5, 5.41) is 23.8. The topological polar surface area (TPSA) is 142 Å². The number of thioether (sulfide) groups is 1. The minimum Gasteiger partial charge on any atom is -0.450 e. The highest BCUT2D eigenvalue weighted by atomic mass is 32.2. The van der Waals surface area contributed by atoms with Crippen molar-refractivity contribution in [1.82, 2.24) is 5.32 Å². The molecule has 2 heterocycles. The molecule has 9 unspecified atom stereocenters. The van der Waals surface area contributed by atoms with E-state index in [4.69, 9.17) is 28.4 Å². The van der Waals surface area contributed by atoms with Gasteiger partial charge in [0.1, 0.15) is 19.0 Å². The van der Waals surface area contributed by atoms with Crippen LogP contribution in [0, 0.1) is 0 Å². The number of hydrogen-bond acceptors (Lipinski definition) is 11. The van der Waals surface area contributed by atoms with Crippen LogP contribution >= 0.6 is 11.8 Å². The lowest BCUT2D eigenvalue weighted by molar-refractivity contribution is -0.0630. The van der Waals surface area contributed by atoms with Crippen LogP contribution in [0.3, 0.4) is 0 Å². The standard InChI is InChI=1S/C28H43NO10S/c1-27(2,3)29-25(32)39-19-13-21-20(34-14-35-21)11-16(31)9-18(19)24-37-22-10-15(30)7-8-17(12-23(22)38-24)36-26(33)40-28(4,5)6/h7-9,15-17,19-24,30-31H,10-14H2,1-6H3,(H,29,32)/b8-7+,18-9-. The molecule has 226 valence electrons. The van der Waals surface area contributed by atoms with Gasteiger partial charge in [-0.15, -0.1) is 0 Å². The normalized spacial score (nSPS) is 38.8. The van der Waals surface area contributed by atoms with Crippen molar-refractivity contribution < 1.29 is 48.2 Å². The first-order valence-electron chi connectivity index (χ1n) is 13.8. The van der Waals surface area contributed by atoms with Crippen LogP contribution in [-0.2, 0) is 28.4 Å². The smallest absolute Gasteiger partial charge is 0.408 e. The number of nitrogens with one attached hydrogen (secondary N) is 1. The Labute approximate surface area is 239 Å². The first kappa shape index (κ1) is 31.3. The Bertz CT molecular complexity index is 973. The number of aliphatic hydroxyl groups is 2. The third kappa shape index (κ3) is 8.91. The van der Waals surface area contributed by atoms with Crippen molar-refractivity contribution in [3.05, 3.63) is 23.8 Å². The zero-order chi connectivity index (χ0) is 29.2. The largest absolute Gasteiger partial charge is 0.450 e. The minimum absolute atomic E-state index is 0.0946. The summed E-state index contributed by atoms with van der Waals surface area (Å²) in [5.74, 6) is 0. The predicted molar refractivity (Wildman–Crippen MR) is 147 cm³/mol. The molecule has 0 spiro atoms. The van der Waals surface area contributed by atoms with Crippen molar-refractivity contribution in [2.24, 2.45) is 0 Å². The maximum Gasteiger partial charge on any atom is 0.408 e. The van der Waals surface area contributed by atoms with Crippen LogP contribution in [0.5, 0.6) is 0 Å². The molecule has 2 saturated heterocycles. The summed E-state index contributed by atoms with van der Waals surface area (Å²) >= 11 is 1.09. The Morgan fingerprint density at radius 3 is 2.15 bits per heavy atom. The predicted octanol–water partition coefficient (Wildman–Crippen LogP) is 3.56. The number of carbonyl (C=O) groups is 2. The van der Waals surface area contributed by atoms with Crippen LogP contribution in [0.1, 0.15) is 67.2 Å². The van der Waals surface area contributed by atoms with E-state index in [-0.39, 0.29) is 30.5 Å². The second-order valence-electron chi connectivity index (χ2n) is 12.7. The highest BCUT2D eigenvalue weighted by molar-refractivity contribution is 8.14. The number of aliphatic hydroxyl groups excluding tert-OH is 2. The van der Waals surface area contributed by atoms with E-state index in [1.54, 1.807) is 18.2 Å². The fourth-order valence-corrected chi connectivity index (χ4v) is 5.79. The number of ether oxygens (including phenoxy) is 6. The summed E-state index contributed by atoms with van der Waals surface area (Å²) < 4.78 is 35.3. The lowest BCUT2D eigenvalue weighted by atomic mass is 9.92. The first-order valence-corrected chi connectivity index (χ1v) is 14.7. The van der Waals surface area contributed by atoms with E-state index < -0.39 is 66.0 Å². The van der Waals surface area contributed by atoms with Gasteiger partial charge in [0.2, 0.25) is 0 Å². The number of alkyl carbamates (subject to hydrolysis) is 1. The van der Waals surface area contributed by atoms with Crippen LogP contribution in [0.4, 0.5) is 9.59 Å². The van der Waals surface area contributed by atoms with Crippen LogP contribution in [0.25, 0.3) is 0 Å². The van der Waals surface area contributed by atoms with E-state index in [1.807, 2.05) is 41.5 Å². The van der Waals surface area contributed by atoms with E-state index >= 15 is 0 Å². The molecule has 2 aliphatic heterocycles. The summed E-state index contributed by atoms with van der Waals surface area (Å²) in [6.07, 6.45) is -0.515. The molecular weight excluding hydrogens is 542 g/mol. The highest BCUT2D eigenvalue weighted by Crippen LogP contribution is 2.37. The molecule has 0 radical (unpaired) electrons. The monoisotopic (exact) mass is 585 g/mol. The molecule has 0 saturated carbocycles. The fraction of sp³-hybridized carbons (Fsp3) is 0.786. The van der Waals surface area contributed by atoms with Gasteiger partial charge < -0.3 is 44.0 Å². The van der Waals surface area contributed by atoms with Gasteiger partial charge in [-0.25, -0.2) is 9.59 Å². The van der Waals surface area contributed by atoms with Crippen molar-refractivity contribution >= 4 is 23.2 Å². The van der Waals surface area contributed by atoms with Crippen molar-refractivity contribution in [2.45, 2.75) is 133 Å². The number of hydrogen-bond donors (Lipinski definition) is 3. The molecule has 1 amide bonds. The first-order chi connectivity index (χ1) is 18.6. The zero-order valence-corrected chi connectivity index (χ0v) is 24.8. The Hall–Kier alpha value is -1.67. The van der Waals surface area contributed by atoms with E-state index in [1.165, 1.54) is 0 Å². The summed E-state index contributed by atoms with van der Waals surface area (Å²) in [6, 6.07) is 0.